The zero-order valence-electron chi connectivity index (χ0n) is 31.5. The average molecular weight is 753 g/mol. The topological polar surface area (TPSA) is 56.7 Å². The summed E-state index contributed by atoms with van der Waals surface area (Å²) in [6, 6.07) is 47.1. The lowest BCUT2D eigenvalue weighted by atomic mass is 9.95. The van der Waals surface area contributed by atoms with Crippen LogP contribution in [0.25, 0.3) is 105 Å². The highest BCUT2D eigenvalue weighted by Crippen LogP contribution is 2.47. The zero-order valence-corrected chi connectivity index (χ0v) is 32.3. The molecule has 0 radical (unpaired) electrons. The van der Waals surface area contributed by atoms with Crippen molar-refractivity contribution >= 4 is 65.5 Å². The van der Waals surface area contributed by atoms with Crippen LogP contribution in [0.15, 0.2) is 150 Å². The third kappa shape index (κ3) is 5.47. The number of aryl methyl sites for hydroxylation is 2. The number of nitrogens with zero attached hydrogens (tertiary/aromatic N) is 4. The molecule has 0 atom stereocenters. The Hall–Kier alpha value is -6.89. The minimum Gasteiger partial charge on any atom is -0.456 e. The molecule has 5 nitrogen and oxygen atoms in total. The molecule has 10 aromatic rings. The lowest BCUT2D eigenvalue weighted by Crippen LogP contribution is -2.00. The number of benzene rings is 6. The maximum atomic E-state index is 6.44. The first-order valence-corrected chi connectivity index (χ1v) is 20.3. The fourth-order valence-electron chi connectivity index (χ4n) is 8.57. The van der Waals surface area contributed by atoms with Gasteiger partial charge in [0.1, 0.15) is 11.3 Å². The number of furan rings is 1. The number of allylic oxidation sites excluding steroid dienone is 2. The second kappa shape index (κ2) is 13.4. The molecule has 0 N–H and O–H groups in total. The summed E-state index contributed by atoms with van der Waals surface area (Å²) in [4.78, 5) is 15.5. The van der Waals surface area contributed by atoms with Crippen molar-refractivity contribution in [1.29, 1.82) is 0 Å². The van der Waals surface area contributed by atoms with Crippen molar-refractivity contribution in [3.05, 3.63) is 168 Å². The van der Waals surface area contributed by atoms with Crippen LogP contribution in [0.2, 0.25) is 0 Å². The van der Waals surface area contributed by atoms with E-state index < -0.39 is 0 Å². The van der Waals surface area contributed by atoms with Gasteiger partial charge in [-0.15, -0.1) is 11.3 Å². The van der Waals surface area contributed by atoms with Crippen LogP contribution in [-0.4, -0.2) is 19.5 Å². The second-order valence-electron chi connectivity index (χ2n) is 14.7. The summed E-state index contributed by atoms with van der Waals surface area (Å²) in [5, 5.41) is 4.80. The summed E-state index contributed by atoms with van der Waals surface area (Å²) in [6.07, 6.45) is 10.7. The maximum absolute atomic E-state index is 6.44. The molecular formula is C51H36N4OS. The second-order valence-corrected chi connectivity index (χ2v) is 15.7. The van der Waals surface area contributed by atoms with Gasteiger partial charge in [-0.25, -0.2) is 15.0 Å². The highest BCUT2D eigenvalue weighted by Gasteiger charge is 2.23. The molecule has 272 valence electrons. The highest BCUT2D eigenvalue weighted by molar-refractivity contribution is 7.26. The quantitative estimate of drug-likeness (QED) is 0.170. The van der Waals surface area contributed by atoms with Crippen LogP contribution in [0.4, 0.5) is 0 Å². The maximum Gasteiger partial charge on any atom is 0.165 e. The van der Waals surface area contributed by atoms with Gasteiger partial charge in [0.15, 0.2) is 17.5 Å². The van der Waals surface area contributed by atoms with Crippen molar-refractivity contribution in [2.24, 2.45) is 0 Å². The van der Waals surface area contributed by atoms with Crippen LogP contribution < -0.4 is 0 Å². The number of fused-ring (bicyclic) bond motifs is 8. The number of hydrogen-bond acceptors (Lipinski definition) is 5. The molecule has 6 aromatic carbocycles. The summed E-state index contributed by atoms with van der Waals surface area (Å²) in [7, 11) is 0. The van der Waals surface area contributed by atoms with Crippen LogP contribution in [-0.2, 0) is 6.42 Å². The van der Waals surface area contributed by atoms with Crippen molar-refractivity contribution in [2.75, 3.05) is 0 Å². The smallest absolute Gasteiger partial charge is 0.165 e. The normalized spacial score (nSPS) is 12.8. The lowest BCUT2D eigenvalue weighted by molar-refractivity contribution is 0.601. The molecule has 4 heterocycles. The van der Waals surface area contributed by atoms with Crippen LogP contribution in [0.1, 0.15) is 35.9 Å². The lowest BCUT2D eigenvalue weighted by Gasteiger charge is -2.12. The molecule has 0 bridgehead atoms. The van der Waals surface area contributed by atoms with Gasteiger partial charge in [-0.05, 0) is 104 Å². The number of aromatic nitrogens is 4. The van der Waals surface area contributed by atoms with Gasteiger partial charge < -0.3 is 8.98 Å². The number of thiophene rings is 1. The molecule has 11 rings (SSSR count). The van der Waals surface area contributed by atoms with Crippen molar-refractivity contribution in [1.82, 2.24) is 19.5 Å². The van der Waals surface area contributed by atoms with Gasteiger partial charge in [0, 0.05) is 64.6 Å². The standard InChI is InChI=1S/C51H36N4OS/c1-3-15-43-31(2)46-44(56-43)26-27-45-47(46)39-29-35(34-24-25-42-38(28-34)37-22-13-14-23-41(37)55(42)36-20-11-6-12-21-36)30-40(48(39)57-45)51-53-49(32-16-7-4-8-17-32)52-50(54-51)33-18-9-5-10-19-33/h3-12,14-21,23-30H,13,22H2,1-2H3/b15-3-. The molecule has 1 aliphatic carbocycles. The fourth-order valence-corrected chi connectivity index (χ4v) is 9.77. The summed E-state index contributed by atoms with van der Waals surface area (Å²) in [5.74, 6) is 2.83. The molecule has 57 heavy (non-hydrogen) atoms. The molecule has 0 unspecified atom stereocenters. The van der Waals surface area contributed by atoms with E-state index in [0.29, 0.717) is 17.5 Å². The van der Waals surface area contributed by atoms with Gasteiger partial charge in [0.2, 0.25) is 0 Å². The zero-order chi connectivity index (χ0) is 38.0. The van der Waals surface area contributed by atoms with Crippen molar-refractivity contribution in [3.63, 3.8) is 0 Å². The Morgan fingerprint density at radius 1 is 0.667 bits per heavy atom. The third-order valence-corrected chi connectivity index (χ3v) is 12.4. The van der Waals surface area contributed by atoms with Crippen molar-refractivity contribution < 1.29 is 4.42 Å². The highest BCUT2D eigenvalue weighted by atomic mass is 32.1. The van der Waals surface area contributed by atoms with E-state index in [9.17, 15) is 0 Å². The van der Waals surface area contributed by atoms with E-state index in [-0.39, 0.29) is 0 Å². The predicted molar refractivity (Wildman–Crippen MR) is 238 cm³/mol. The van der Waals surface area contributed by atoms with E-state index in [4.69, 9.17) is 19.4 Å². The Kier molecular flexibility index (Phi) is 7.86. The molecule has 0 saturated carbocycles. The molecule has 4 aromatic heterocycles. The first kappa shape index (κ1) is 33.4. The van der Waals surface area contributed by atoms with Gasteiger partial charge in [-0.2, -0.15) is 0 Å². The predicted octanol–water partition coefficient (Wildman–Crippen LogP) is 13.9. The minimum absolute atomic E-state index is 0.645. The number of rotatable bonds is 6. The largest absolute Gasteiger partial charge is 0.456 e. The van der Waals surface area contributed by atoms with Gasteiger partial charge in [-0.1, -0.05) is 97.1 Å². The molecular weight excluding hydrogens is 717 g/mol. The Balaban J connectivity index is 1.22. The van der Waals surface area contributed by atoms with E-state index in [2.05, 4.69) is 127 Å². The van der Waals surface area contributed by atoms with Gasteiger partial charge in [0.25, 0.3) is 0 Å². The summed E-state index contributed by atoms with van der Waals surface area (Å²) in [6.45, 7) is 4.20. The minimum atomic E-state index is 0.645. The van der Waals surface area contributed by atoms with E-state index in [1.54, 1.807) is 11.3 Å². The Labute approximate surface area is 333 Å². The number of hydrogen-bond donors (Lipinski definition) is 0. The Morgan fingerprint density at radius 3 is 2.07 bits per heavy atom. The summed E-state index contributed by atoms with van der Waals surface area (Å²) < 4.78 is 11.2. The van der Waals surface area contributed by atoms with Crippen LogP contribution in [0.5, 0.6) is 0 Å². The molecule has 0 saturated heterocycles. The average Bonchev–Trinajstić information content (AvgIpc) is 3.92. The Morgan fingerprint density at radius 2 is 1.35 bits per heavy atom. The molecule has 0 aliphatic heterocycles. The van der Waals surface area contributed by atoms with Crippen LogP contribution in [0.3, 0.4) is 0 Å². The molecule has 6 heteroatoms. The van der Waals surface area contributed by atoms with Gasteiger partial charge >= 0.3 is 0 Å². The monoisotopic (exact) mass is 752 g/mol. The fraction of sp³-hybridized carbons (Fsp3) is 0.0784. The van der Waals surface area contributed by atoms with E-state index >= 15 is 0 Å². The molecule has 1 aliphatic rings. The first-order valence-electron chi connectivity index (χ1n) is 19.4. The Bertz CT molecular complexity index is 3190. The first-order chi connectivity index (χ1) is 28.1. The van der Waals surface area contributed by atoms with E-state index in [1.807, 2.05) is 49.4 Å². The SMILES string of the molecule is C/C=C\c1oc2ccc3sc4c(-c5nc(-c6ccccc6)nc(-c6ccccc6)n5)cc(-c5ccc6c(c5)c5c(n6-c6ccccc6)C=CCC5)cc4c3c2c1C. The molecule has 0 amide bonds. The van der Waals surface area contributed by atoms with Crippen LogP contribution in [0, 0.1) is 6.92 Å². The summed E-state index contributed by atoms with van der Waals surface area (Å²) >= 11 is 1.79. The van der Waals surface area contributed by atoms with Crippen molar-refractivity contribution in [2.45, 2.75) is 26.7 Å². The van der Waals surface area contributed by atoms with Gasteiger partial charge in [0.05, 0.1) is 5.52 Å². The van der Waals surface area contributed by atoms with Crippen LogP contribution >= 0.6 is 11.3 Å². The number of para-hydroxylation sites is 1. The van der Waals surface area contributed by atoms with E-state index in [0.717, 1.165) is 67.7 Å². The van der Waals surface area contributed by atoms with Gasteiger partial charge in [-0.3, -0.25) is 0 Å². The third-order valence-electron chi connectivity index (χ3n) is 11.2. The summed E-state index contributed by atoms with van der Waals surface area (Å²) in [5.41, 5.74) is 12.2. The molecule has 0 spiro atoms. The molecule has 0 fully saturated rings. The van der Waals surface area contributed by atoms with E-state index in [1.165, 1.54) is 43.3 Å². The van der Waals surface area contributed by atoms with Crippen molar-refractivity contribution in [3.8, 4) is 51.0 Å².